The van der Waals surface area contributed by atoms with Crippen molar-refractivity contribution in [3.05, 3.63) is 496 Å². The van der Waals surface area contributed by atoms with Gasteiger partial charge in [0.05, 0.1) is 110 Å². The maximum atomic E-state index is 10.1. The van der Waals surface area contributed by atoms with Crippen LogP contribution in [0.15, 0.2) is 509 Å². The van der Waals surface area contributed by atoms with Crippen molar-refractivity contribution in [1.29, 1.82) is 0 Å². The maximum absolute atomic E-state index is 10.1. The summed E-state index contributed by atoms with van der Waals surface area (Å²) in [5.41, 5.74) is -18.9. The molecule has 0 bridgehead atoms. The molecule has 0 saturated carbocycles. The van der Waals surface area contributed by atoms with Crippen molar-refractivity contribution in [3.8, 4) is 111 Å². The third kappa shape index (κ3) is 13.3. The molecule has 0 N–H and O–H groups in total. The van der Waals surface area contributed by atoms with Crippen LogP contribution in [0.4, 0.5) is 0 Å². The number of benzene rings is 25. The minimum atomic E-state index is -1.20. The lowest BCUT2D eigenvalue weighted by molar-refractivity contribution is 0.672. The van der Waals surface area contributed by atoms with E-state index in [2.05, 4.69) is 0 Å². The topological polar surface area (TPSA) is 39.4 Å². The van der Waals surface area contributed by atoms with Crippen LogP contribution in [0, 0.1) is 0 Å². The molecule has 3 nitrogen and oxygen atoms in total. The molecular formula is C132H82O3. The van der Waals surface area contributed by atoms with E-state index in [4.69, 9.17) is 85.9 Å². The van der Waals surface area contributed by atoms with Crippen LogP contribution in [0.25, 0.3) is 274 Å². The fourth-order valence-corrected chi connectivity index (χ4v) is 16.3. The molecule has 0 saturated heterocycles. The second kappa shape index (κ2) is 32.7. The van der Waals surface area contributed by atoms with Gasteiger partial charge in [0.2, 0.25) is 0 Å². The fraction of sp³-hybridized carbons (Fsp3) is 0. The zero-order chi connectivity index (χ0) is 159. The molecule has 0 aliphatic rings. The van der Waals surface area contributed by atoms with Crippen molar-refractivity contribution in [2.45, 2.75) is 0 Å². The smallest absolute Gasteiger partial charge is 0.143 e. The first-order valence-electron chi connectivity index (χ1n) is 79.9. The average molecular weight is 1800 g/mol. The van der Waals surface area contributed by atoms with Crippen molar-refractivity contribution in [3.63, 3.8) is 0 Å². The normalized spacial score (nSPS) is 20.0. The molecule has 0 fully saturated rings. The zero-order valence-electron chi connectivity index (χ0n) is 147. The number of fused-ring (bicyclic) bond motifs is 21. The van der Waals surface area contributed by atoms with E-state index in [1.165, 1.54) is 0 Å². The third-order valence-corrected chi connectivity index (χ3v) is 21.9. The van der Waals surface area contributed by atoms with Gasteiger partial charge < -0.3 is 13.3 Å². The van der Waals surface area contributed by atoms with Crippen molar-refractivity contribution in [2.75, 3.05) is 0 Å². The van der Waals surface area contributed by atoms with Gasteiger partial charge in [-0.3, -0.25) is 0 Å². The predicted octanol–water partition coefficient (Wildman–Crippen LogP) is 37.8. The summed E-state index contributed by atoms with van der Waals surface area (Å²) in [6.07, 6.45) is 0. The van der Waals surface area contributed by atoms with Crippen LogP contribution >= 0.6 is 0 Å². The number of furan rings is 3. The molecule has 25 aromatic carbocycles. The molecule has 0 amide bonds. The third-order valence-electron chi connectivity index (χ3n) is 21.9. The van der Waals surface area contributed by atoms with Crippen molar-refractivity contribution in [1.82, 2.24) is 0 Å². The highest BCUT2D eigenvalue weighted by atomic mass is 16.3. The second-order valence-electron chi connectivity index (χ2n) is 29.2. The minimum Gasteiger partial charge on any atom is -0.455 e. The molecule has 0 spiro atoms. The van der Waals surface area contributed by atoms with Crippen LogP contribution in [-0.4, -0.2) is 0 Å². The van der Waals surface area contributed by atoms with E-state index in [1.54, 1.807) is 0 Å². The second-order valence-corrected chi connectivity index (χ2v) is 29.2. The Hall–Kier alpha value is -17.8. The Morgan fingerprint density at radius 1 is 0.126 bits per heavy atom. The van der Waals surface area contributed by atoms with E-state index < -0.39 is 747 Å². The van der Waals surface area contributed by atoms with Gasteiger partial charge in [-0.25, -0.2) is 0 Å². The summed E-state index contributed by atoms with van der Waals surface area (Å²) < 4.78 is 735. The van der Waals surface area contributed by atoms with Gasteiger partial charge in [-0.15, -0.1) is 0 Å². The van der Waals surface area contributed by atoms with E-state index in [0.717, 1.165) is 12.1 Å². The minimum absolute atomic E-state index is 0.362. The molecule has 0 unspecified atom stereocenters. The lowest BCUT2D eigenvalue weighted by Crippen LogP contribution is -1.92. The van der Waals surface area contributed by atoms with Gasteiger partial charge >= 0.3 is 0 Å². The number of hydrogen-bond donors (Lipinski definition) is 0. The lowest BCUT2D eigenvalue weighted by atomic mass is 9.83. The SMILES string of the molecule is [2H]c1c([2H])c([2H])c(-c2c([2H])c([2H])c(-c3c4c([2H])c([2H])c([2H])c([2H])c4c(-c4c([2H])c([2H])c5oc6c7c([2H])c([2H])c([2H])c([2H])c7c([2H])c([2H])c6c5c4[2H])c4c([2H])c([2H])c([2H])c([2H])c34)c([2H])c2-c2c([2H])c([2H])c([2H])c([2H])c2[2H])c([2H])c1[2H].[2H]c1c([2H])c([2H])c(-c2c([2H])c([2H])c([2H])c(-c3c4c([2H])ccc([2H])c4c(-c4c([2H])c([2H])c5oc6c7c([2H])c([2H])c([2H])c([2H])c7c([2H])c([2H])c6c5c4[2H])c4c([2H])c([2H])c([2H])c([2H])c34)c2[2H])c([2H])c1[2H].[2H]c1c([2H])c([2H])c(-c2c([2H])c([2H])c([2H])c([2H])c2-c2c3c([2H])c([2H])c([2H])c([2H])c3c(-c3c([2H])c([2H])c4oc5c6c([2H])c([2H])c([2H])c([2H])c6c([2H])c([2H])c5c4c3[2H])c3c([2H])c([2H])c([2H])c([2H])c23)c([2H])c1[2H]. The average Bonchev–Trinajstić information content (AvgIpc) is 1.68. The Balaban J connectivity index is 0.000000149. The first-order chi connectivity index (χ1) is 100. The van der Waals surface area contributed by atoms with Gasteiger partial charge in [0.15, 0.2) is 0 Å². The molecule has 28 aromatic rings. The Bertz CT molecular complexity index is 14700. The van der Waals surface area contributed by atoms with Crippen LogP contribution in [0.5, 0.6) is 0 Å². The number of rotatable bonds is 10. The zero-order valence-corrected chi connectivity index (χ0v) is 67.4. The Morgan fingerprint density at radius 2 is 0.378 bits per heavy atom. The Kier molecular flexibility index (Phi) is 7.77. The predicted molar refractivity (Wildman–Crippen MR) is 573 cm³/mol. The van der Waals surface area contributed by atoms with E-state index in [1.807, 2.05) is 0 Å². The van der Waals surface area contributed by atoms with Crippen LogP contribution in [-0.2, 0) is 0 Å². The summed E-state index contributed by atoms with van der Waals surface area (Å²) in [7, 11) is 0. The molecule has 3 heterocycles. The molecule has 28 rings (SSSR count). The summed E-state index contributed by atoms with van der Waals surface area (Å²) in [4.78, 5) is 0. The van der Waals surface area contributed by atoms with Crippen molar-refractivity contribution < 1.29 is 123 Å². The first kappa shape index (κ1) is 32.1. The molecular weight excluding hydrogens is 1630 g/mol. The monoisotopic (exact) mass is 1800 g/mol. The molecule has 3 aromatic heterocycles. The van der Waals surface area contributed by atoms with Gasteiger partial charge in [0, 0.05) is 48.5 Å². The molecule has 0 atom stereocenters. The summed E-state index contributed by atoms with van der Waals surface area (Å²) in [6.45, 7) is 0. The highest BCUT2D eigenvalue weighted by Gasteiger charge is 2.26. The molecule has 0 radical (unpaired) electrons. The van der Waals surface area contributed by atoms with Crippen LogP contribution in [0.3, 0.4) is 0 Å². The van der Waals surface area contributed by atoms with Crippen molar-refractivity contribution in [2.24, 2.45) is 0 Å². The highest BCUT2D eigenvalue weighted by molar-refractivity contribution is 6.28. The van der Waals surface area contributed by atoms with Gasteiger partial charge in [-0.1, -0.05) is 429 Å². The van der Waals surface area contributed by atoms with Crippen LogP contribution in [0.2, 0.25) is 0 Å². The summed E-state index contributed by atoms with van der Waals surface area (Å²) in [5.74, 6) is 0. The molecule has 135 heavy (non-hydrogen) atoms. The van der Waals surface area contributed by atoms with Crippen LogP contribution < -0.4 is 0 Å². The van der Waals surface area contributed by atoms with Gasteiger partial charge in [0.1, 0.15) is 33.5 Å². The standard InChI is InChI=1S/C48H30O.2C42H26O/c1-3-13-31(14-4-1)36-26-24-34(29-43(36)32-15-5-2-6-16-32)46-38-19-9-11-21-40(38)47(41-22-12-10-20-39(41)46)35-25-28-45-44(30-35)42-27-23-33-17-7-8-18-37(33)48(42)49-45;1-2-11-27(12-3-1)29-14-10-15-30(25-29)40-33-17-6-8-19-35(33)41(36-20-9-7-18-34(36)40)31-22-24-39-38(26-31)37-23-21-28-13-4-5-16-32(28)42(37)43-39;1-2-12-27(13-3-1)30-15-6-7-17-32(30)41-35-20-10-8-18-33(35)40(34-19-9-11-21-36(34)41)29-23-25-39-38(26-29)37-24-22-28-14-4-5-16-31(28)42(37)43-39/h1-30H;2*1-26H/i1D,2D,3D,4D,5D,6D,7D,8D,9D,10D,11D,12D,13D,14D,15D,16D,17D,18D,19D,20D,21D,22D,23D,24D,25D,26D,27D,28D,29D,30D;1D,2D,3D,4D,5D,6D,8D,10D,11D,12D,13D,14D,15D,16D,17D,18D,19D,20D,21D,22D,23D,24D,25D,26D;1D,2D,3D,4D,5D,6D,7D,8D,9D,10D,11D,12D,13D,14D,15D,16D,17D,18D,19D,20D,21D,22D,23D,24D,25D,26D. The maximum Gasteiger partial charge on any atom is 0.143 e. The molecule has 0 aliphatic carbocycles. The largest absolute Gasteiger partial charge is 0.455 e. The van der Waals surface area contributed by atoms with E-state index in [9.17, 15) is 37.0 Å². The highest BCUT2D eigenvalue weighted by Crippen LogP contribution is 2.52. The van der Waals surface area contributed by atoms with E-state index >= 15 is 0 Å². The molecule has 628 valence electrons. The summed E-state index contributed by atoms with van der Waals surface area (Å²) >= 11 is 0. The van der Waals surface area contributed by atoms with Crippen molar-refractivity contribution >= 4 is 163 Å². The Labute approximate surface area is 891 Å². The first-order valence-corrected chi connectivity index (χ1v) is 39.9. The number of hydrogen-bond acceptors (Lipinski definition) is 3. The van der Waals surface area contributed by atoms with E-state index in [0.29, 0.717) is 0 Å². The van der Waals surface area contributed by atoms with Gasteiger partial charge in [-0.2, -0.15) is 0 Å². The lowest BCUT2D eigenvalue weighted by Gasteiger charge is -2.19. The van der Waals surface area contributed by atoms with Gasteiger partial charge in [0.25, 0.3) is 0 Å². The van der Waals surface area contributed by atoms with Crippen LogP contribution in [0.1, 0.15) is 110 Å². The molecule has 0 aliphatic heterocycles. The summed E-state index contributed by atoms with van der Waals surface area (Å²) in [6, 6.07) is -70.8. The van der Waals surface area contributed by atoms with Gasteiger partial charge in [-0.05, 0) is 259 Å². The summed E-state index contributed by atoms with van der Waals surface area (Å²) in [5, 5.41) is -13.8. The van der Waals surface area contributed by atoms with E-state index in [-0.39, 0.29) is 10.8 Å². The molecule has 3 heteroatoms. The fourth-order valence-electron chi connectivity index (χ4n) is 16.3. The Morgan fingerprint density at radius 3 is 0.741 bits per heavy atom. The quantitative estimate of drug-likeness (QED) is 0.128.